The van der Waals surface area contributed by atoms with Gasteiger partial charge in [-0.15, -0.1) is 0 Å². The molecule has 7 nitrogen and oxygen atoms in total. The molecule has 0 heterocycles. The fraction of sp³-hybridized carbons (Fsp3) is 0.750. The molecule has 1 atom stereocenters. The van der Waals surface area contributed by atoms with E-state index in [2.05, 4.69) is 34.7 Å². The van der Waals surface area contributed by atoms with Crippen LogP contribution in [0.4, 0.5) is 0 Å². The molecule has 0 aromatic heterocycles. The van der Waals surface area contributed by atoms with Gasteiger partial charge in [0, 0.05) is 19.5 Å². The summed E-state index contributed by atoms with van der Waals surface area (Å²) in [6, 6.07) is -0.531. The van der Waals surface area contributed by atoms with Gasteiger partial charge in [-0.05, 0) is 45.4 Å². The number of aliphatic imine (C=N–C) groups is 1. The standard InChI is InChI=1S/C20H39N5O2/c1-3-5-6-7-8-9-10-11-12-15-18(26)25-17(19(27)23-4-2)14-13-16-24-20(21)22/h5-6,17H,3-4,7-16H2,1-2H3,(H,23,27)(H,25,26)(H4,21,22,24)/b6-5+. The molecule has 7 heteroatoms. The minimum atomic E-state index is -0.531. The quantitative estimate of drug-likeness (QED) is 0.142. The van der Waals surface area contributed by atoms with Gasteiger partial charge in [0.15, 0.2) is 5.96 Å². The number of nitrogens with one attached hydrogen (secondary N) is 2. The Morgan fingerprint density at radius 1 is 1.00 bits per heavy atom. The third-order valence-electron chi connectivity index (χ3n) is 4.13. The van der Waals surface area contributed by atoms with E-state index in [4.69, 9.17) is 11.5 Å². The number of unbranched alkanes of at least 4 members (excludes halogenated alkanes) is 5. The van der Waals surface area contributed by atoms with Gasteiger partial charge in [-0.3, -0.25) is 14.6 Å². The lowest BCUT2D eigenvalue weighted by Gasteiger charge is -2.17. The lowest BCUT2D eigenvalue weighted by Crippen LogP contribution is -2.46. The Morgan fingerprint density at radius 3 is 2.37 bits per heavy atom. The van der Waals surface area contributed by atoms with Crippen molar-refractivity contribution in [2.24, 2.45) is 16.5 Å². The number of allylic oxidation sites excluding steroid dienone is 2. The fourth-order valence-electron chi connectivity index (χ4n) is 2.70. The van der Waals surface area contributed by atoms with Crippen molar-refractivity contribution in [1.82, 2.24) is 10.6 Å². The smallest absolute Gasteiger partial charge is 0.242 e. The molecule has 0 aromatic rings. The molecule has 0 aromatic carbocycles. The first-order valence-electron chi connectivity index (χ1n) is 10.3. The topological polar surface area (TPSA) is 123 Å². The van der Waals surface area contributed by atoms with E-state index in [0.717, 1.165) is 32.1 Å². The second kappa shape index (κ2) is 17.4. The Morgan fingerprint density at radius 2 is 1.70 bits per heavy atom. The van der Waals surface area contributed by atoms with E-state index in [0.29, 0.717) is 32.4 Å². The van der Waals surface area contributed by atoms with Crippen LogP contribution in [0.5, 0.6) is 0 Å². The van der Waals surface area contributed by atoms with E-state index in [1.807, 2.05) is 6.92 Å². The Labute approximate surface area is 164 Å². The Balaban J connectivity index is 4.03. The van der Waals surface area contributed by atoms with E-state index < -0.39 is 6.04 Å². The molecule has 1 unspecified atom stereocenters. The Hall–Kier alpha value is -2.05. The molecular weight excluding hydrogens is 342 g/mol. The summed E-state index contributed by atoms with van der Waals surface area (Å²) in [4.78, 5) is 28.2. The van der Waals surface area contributed by atoms with Crippen LogP contribution in [0.3, 0.4) is 0 Å². The number of carbonyl (C=O) groups excluding carboxylic acids is 2. The highest BCUT2D eigenvalue weighted by Crippen LogP contribution is 2.08. The van der Waals surface area contributed by atoms with Crippen LogP contribution in [0.25, 0.3) is 0 Å². The number of nitrogens with zero attached hydrogens (tertiary/aromatic N) is 1. The maximum atomic E-state index is 12.1. The van der Waals surface area contributed by atoms with Crippen LogP contribution in [0, 0.1) is 0 Å². The van der Waals surface area contributed by atoms with Crippen molar-refractivity contribution in [3.05, 3.63) is 12.2 Å². The largest absolute Gasteiger partial charge is 0.370 e. The second-order valence-corrected chi connectivity index (χ2v) is 6.65. The molecule has 0 aliphatic rings. The molecule has 0 saturated heterocycles. The molecule has 156 valence electrons. The fourth-order valence-corrected chi connectivity index (χ4v) is 2.70. The van der Waals surface area contributed by atoms with Crippen molar-refractivity contribution in [1.29, 1.82) is 0 Å². The number of rotatable bonds is 16. The summed E-state index contributed by atoms with van der Waals surface area (Å²) in [6.07, 6.45) is 13.7. The Kier molecular flexibility index (Phi) is 16.0. The van der Waals surface area contributed by atoms with Crippen molar-refractivity contribution in [2.45, 2.75) is 84.1 Å². The second-order valence-electron chi connectivity index (χ2n) is 6.65. The van der Waals surface area contributed by atoms with Gasteiger partial charge in [0.05, 0.1) is 0 Å². The number of hydrogen-bond donors (Lipinski definition) is 4. The predicted molar refractivity (Wildman–Crippen MR) is 112 cm³/mol. The predicted octanol–water partition coefficient (Wildman–Crippen LogP) is 2.36. The molecular formula is C20H39N5O2. The SMILES string of the molecule is CC/C=C/CCCCCCCC(=O)NC(CCCN=C(N)N)C(=O)NCC. The molecule has 27 heavy (non-hydrogen) atoms. The molecule has 0 fully saturated rings. The number of nitrogens with two attached hydrogens (primary N) is 2. The lowest BCUT2D eigenvalue weighted by molar-refractivity contribution is -0.129. The van der Waals surface area contributed by atoms with E-state index >= 15 is 0 Å². The zero-order valence-electron chi connectivity index (χ0n) is 17.1. The van der Waals surface area contributed by atoms with Crippen LogP contribution in [0.1, 0.15) is 78.1 Å². The number of guanidine groups is 1. The first kappa shape index (κ1) is 24.9. The van der Waals surface area contributed by atoms with E-state index in [-0.39, 0.29) is 17.8 Å². The molecule has 0 bridgehead atoms. The third kappa shape index (κ3) is 15.9. The maximum Gasteiger partial charge on any atom is 0.242 e. The summed E-state index contributed by atoms with van der Waals surface area (Å²) in [7, 11) is 0. The third-order valence-corrected chi connectivity index (χ3v) is 4.13. The highest BCUT2D eigenvalue weighted by Gasteiger charge is 2.19. The molecule has 0 aliphatic heterocycles. The summed E-state index contributed by atoms with van der Waals surface area (Å²) >= 11 is 0. The average Bonchev–Trinajstić information content (AvgIpc) is 2.62. The maximum absolute atomic E-state index is 12.1. The van der Waals surface area contributed by atoms with Gasteiger partial charge in [0.2, 0.25) is 11.8 Å². The van der Waals surface area contributed by atoms with Gasteiger partial charge in [0.25, 0.3) is 0 Å². The number of amides is 2. The number of likely N-dealkylation sites (N-methyl/N-ethyl adjacent to an activating group) is 1. The first-order valence-corrected chi connectivity index (χ1v) is 10.3. The van der Waals surface area contributed by atoms with Gasteiger partial charge in [0.1, 0.15) is 6.04 Å². The van der Waals surface area contributed by atoms with E-state index in [1.54, 1.807) is 0 Å². The molecule has 0 radical (unpaired) electrons. The van der Waals surface area contributed by atoms with Crippen molar-refractivity contribution in [3.63, 3.8) is 0 Å². The number of carbonyl (C=O) groups is 2. The molecule has 0 saturated carbocycles. The van der Waals surface area contributed by atoms with Crippen LogP contribution in [-0.2, 0) is 9.59 Å². The summed E-state index contributed by atoms with van der Waals surface area (Å²) in [5, 5.41) is 5.61. The normalized spacial score (nSPS) is 11.9. The van der Waals surface area contributed by atoms with Crippen LogP contribution < -0.4 is 22.1 Å². The van der Waals surface area contributed by atoms with Crippen LogP contribution in [0.2, 0.25) is 0 Å². The van der Waals surface area contributed by atoms with Crippen molar-refractivity contribution in [2.75, 3.05) is 13.1 Å². The van der Waals surface area contributed by atoms with Gasteiger partial charge < -0.3 is 22.1 Å². The van der Waals surface area contributed by atoms with Crippen LogP contribution in [-0.4, -0.2) is 36.9 Å². The zero-order chi connectivity index (χ0) is 20.3. The van der Waals surface area contributed by atoms with E-state index in [9.17, 15) is 9.59 Å². The average molecular weight is 382 g/mol. The number of hydrogen-bond acceptors (Lipinski definition) is 3. The highest BCUT2D eigenvalue weighted by molar-refractivity contribution is 5.87. The minimum absolute atomic E-state index is 0.0370. The molecule has 6 N–H and O–H groups in total. The molecule has 2 amide bonds. The van der Waals surface area contributed by atoms with Gasteiger partial charge in [-0.2, -0.15) is 0 Å². The van der Waals surface area contributed by atoms with Crippen molar-refractivity contribution in [3.8, 4) is 0 Å². The minimum Gasteiger partial charge on any atom is -0.370 e. The highest BCUT2D eigenvalue weighted by atomic mass is 16.2. The molecule has 0 aliphatic carbocycles. The summed E-state index contributed by atoms with van der Waals surface area (Å²) in [5.41, 5.74) is 10.6. The van der Waals surface area contributed by atoms with Crippen molar-refractivity contribution < 1.29 is 9.59 Å². The zero-order valence-corrected chi connectivity index (χ0v) is 17.1. The van der Waals surface area contributed by atoms with Crippen LogP contribution >= 0.6 is 0 Å². The van der Waals surface area contributed by atoms with E-state index in [1.165, 1.54) is 12.8 Å². The van der Waals surface area contributed by atoms with Gasteiger partial charge >= 0.3 is 0 Å². The van der Waals surface area contributed by atoms with Gasteiger partial charge in [-0.25, -0.2) is 0 Å². The summed E-state index contributed by atoms with van der Waals surface area (Å²) in [6.45, 7) is 4.98. The lowest BCUT2D eigenvalue weighted by atomic mass is 10.1. The monoisotopic (exact) mass is 381 g/mol. The summed E-state index contributed by atoms with van der Waals surface area (Å²) < 4.78 is 0. The van der Waals surface area contributed by atoms with Gasteiger partial charge in [-0.1, -0.05) is 38.3 Å². The first-order chi connectivity index (χ1) is 13.0. The Bertz CT molecular complexity index is 459. The summed E-state index contributed by atoms with van der Waals surface area (Å²) in [5.74, 6) is -0.190. The van der Waals surface area contributed by atoms with Crippen molar-refractivity contribution >= 4 is 17.8 Å². The van der Waals surface area contributed by atoms with Crippen LogP contribution in [0.15, 0.2) is 17.1 Å². The molecule has 0 rings (SSSR count). The molecule has 0 spiro atoms.